The van der Waals surface area contributed by atoms with Crippen molar-refractivity contribution in [2.75, 3.05) is 7.11 Å². The van der Waals surface area contributed by atoms with Crippen molar-refractivity contribution in [2.24, 2.45) is 4.99 Å². The van der Waals surface area contributed by atoms with E-state index in [2.05, 4.69) is 9.73 Å². The molecule has 0 bridgehead atoms. The van der Waals surface area contributed by atoms with Gasteiger partial charge in [0, 0.05) is 22.7 Å². The van der Waals surface area contributed by atoms with E-state index in [9.17, 15) is 23.7 Å². The van der Waals surface area contributed by atoms with E-state index in [1.54, 1.807) is 0 Å². The van der Waals surface area contributed by atoms with E-state index in [1.807, 2.05) is 0 Å². The Morgan fingerprint density at radius 2 is 2.00 bits per heavy atom. The maximum absolute atomic E-state index is 12.4. The number of ether oxygens (including phenoxy) is 3. The summed E-state index contributed by atoms with van der Waals surface area (Å²) in [5.74, 6) is -1.10. The summed E-state index contributed by atoms with van der Waals surface area (Å²) < 4.78 is 39.2. The van der Waals surface area contributed by atoms with E-state index in [4.69, 9.17) is 21.1 Å². The summed E-state index contributed by atoms with van der Waals surface area (Å²) in [5, 5.41) is 11.0. The van der Waals surface area contributed by atoms with Crippen molar-refractivity contribution >= 4 is 35.2 Å². The lowest BCUT2D eigenvalue weighted by atomic mass is 10.1. The third kappa shape index (κ3) is 4.66. The molecule has 0 N–H and O–H groups in total. The van der Waals surface area contributed by atoms with Crippen LogP contribution >= 0.6 is 11.6 Å². The molecule has 2 aromatic carbocycles. The Bertz CT molecular complexity index is 1050. The Hall–Kier alpha value is -3.53. The molecule has 8 nitrogen and oxygen atoms in total. The number of non-ortho nitro benzene ring substituents is 1. The number of hydrogen-bond donors (Lipinski definition) is 0. The average molecular weight is 425 g/mol. The van der Waals surface area contributed by atoms with Crippen LogP contribution in [0.3, 0.4) is 0 Å². The number of carbonyl (C=O) groups is 1. The number of hydrogen-bond acceptors (Lipinski definition) is 7. The second-order valence-electron chi connectivity index (χ2n) is 5.58. The van der Waals surface area contributed by atoms with Crippen LogP contribution in [0.5, 0.6) is 11.5 Å². The summed E-state index contributed by atoms with van der Waals surface area (Å²) in [7, 11) is 1.27. The summed E-state index contributed by atoms with van der Waals surface area (Å²) in [6.45, 7) is -3.02. The van der Waals surface area contributed by atoms with Crippen molar-refractivity contribution in [3.63, 3.8) is 0 Å². The molecule has 0 saturated carbocycles. The smallest absolute Gasteiger partial charge is 0.387 e. The first kappa shape index (κ1) is 20.2. The number of carbonyl (C=O) groups excluding carboxylic acids is 1. The second kappa shape index (κ2) is 8.23. The Labute approximate surface area is 167 Å². The lowest BCUT2D eigenvalue weighted by molar-refractivity contribution is -0.384. The Kier molecular flexibility index (Phi) is 5.74. The van der Waals surface area contributed by atoms with Crippen LogP contribution in [0.25, 0.3) is 6.08 Å². The first-order chi connectivity index (χ1) is 13.8. The molecule has 0 spiro atoms. The zero-order valence-corrected chi connectivity index (χ0v) is 15.4. The fraction of sp³-hybridized carbons (Fsp3) is 0.111. The molecule has 2 aromatic rings. The summed E-state index contributed by atoms with van der Waals surface area (Å²) in [4.78, 5) is 26.5. The number of nitrogens with zero attached hydrogens (tertiary/aromatic N) is 2. The van der Waals surface area contributed by atoms with Crippen LogP contribution in [-0.4, -0.2) is 30.5 Å². The number of nitro benzene ring substituents is 1. The van der Waals surface area contributed by atoms with Crippen LogP contribution < -0.4 is 9.47 Å². The molecule has 0 aliphatic carbocycles. The molecule has 0 saturated heterocycles. The van der Waals surface area contributed by atoms with Crippen LogP contribution in [0.2, 0.25) is 5.02 Å². The molecule has 3 rings (SSSR count). The van der Waals surface area contributed by atoms with Gasteiger partial charge in [-0.05, 0) is 29.8 Å². The number of methoxy groups -OCH3 is 1. The van der Waals surface area contributed by atoms with Gasteiger partial charge in [-0.15, -0.1) is 0 Å². The monoisotopic (exact) mass is 424 g/mol. The van der Waals surface area contributed by atoms with Crippen LogP contribution in [0.1, 0.15) is 11.1 Å². The SMILES string of the molecule is COc1cc(/C=C2\N=C(c3cc(Cl)cc([N+](=O)[O-])c3)OC2=O)ccc1OC(F)F. The highest BCUT2D eigenvalue weighted by Crippen LogP contribution is 2.31. The molecule has 1 aliphatic rings. The summed E-state index contributed by atoms with van der Waals surface area (Å²) in [6, 6.07) is 7.72. The number of esters is 1. The second-order valence-corrected chi connectivity index (χ2v) is 6.02. The third-order valence-corrected chi connectivity index (χ3v) is 3.89. The maximum atomic E-state index is 12.4. The van der Waals surface area contributed by atoms with Gasteiger partial charge < -0.3 is 14.2 Å². The Morgan fingerprint density at radius 1 is 1.24 bits per heavy atom. The molecule has 0 aromatic heterocycles. The highest BCUT2D eigenvalue weighted by molar-refractivity contribution is 6.31. The normalized spacial score (nSPS) is 14.7. The van der Waals surface area contributed by atoms with E-state index < -0.39 is 17.5 Å². The highest BCUT2D eigenvalue weighted by atomic mass is 35.5. The van der Waals surface area contributed by atoms with E-state index >= 15 is 0 Å². The molecule has 1 aliphatic heterocycles. The number of alkyl halides is 2. The fourth-order valence-corrected chi connectivity index (χ4v) is 2.69. The van der Waals surface area contributed by atoms with E-state index in [1.165, 1.54) is 43.5 Å². The summed E-state index contributed by atoms with van der Waals surface area (Å²) >= 11 is 5.87. The molecule has 0 fully saturated rings. The maximum Gasteiger partial charge on any atom is 0.387 e. The van der Waals surface area contributed by atoms with Gasteiger partial charge in [-0.1, -0.05) is 17.7 Å². The molecule has 1 heterocycles. The van der Waals surface area contributed by atoms with Gasteiger partial charge in [0.25, 0.3) is 5.69 Å². The van der Waals surface area contributed by atoms with Gasteiger partial charge in [-0.25, -0.2) is 9.79 Å². The fourth-order valence-electron chi connectivity index (χ4n) is 2.46. The van der Waals surface area contributed by atoms with Crippen molar-refractivity contribution in [3.8, 4) is 11.5 Å². The quantitative estimate of drug-likeness (QED) is 0.298. The number of cyclic esters (lactones) is 1. The Morgan fingerprint density at radius 3 is 2.66 bits per heavy atom. The summed E-state index contributed by atoms with van der Waals surface area (Å²) in [5.41, 5.74) is 0.159. The minimum atomic E-state index is -3.02. The summed E-state index contributed by atoms with van der Waals surface area (Å²) in [6.07, 6.45) is 1.34. The van der Waals surface area contributed by atoms with Gasteiger partial charge in [-0.2, -0.15) is 8.78 Å². The van der Waals surface area contributed by atoms with Gasteiger partial charge in [0.15, 0.2) is 17.2 Å². The predicted molar refractivity (Wildman–Crippen MR) is 98.3 cm³/mol. The standard InChI is InChI=1S/C18H11ClF2N2O6/c1-27-15-5-9(2-3-14(15)28-18(20)21)4-13-17(24)29-16(22-13)10-6-11(19)8-12(7-10)23(25)26/h2-8,18H,1H3/b13-4-. The highest BCUT2D eigenvalue weighted by Gasteiger charge is 2.26. The van der Waals surface area contributed by atoms with Crippen LogP contribution in [0.4, 0.5) is 14.5 Å². The van der Waals surface area contributed by atoms with Gasteiger partial charge in [0.05, 0.1) is 12.0 Å². The molecule has 150 valence electrons. The lowest BCUT2D eigenvalue weighted by Crippen LogP contribution is -2.06. The van der Waals surface area contributed by atoms with E-state index in [0.29, 0.717) is 5.56 Å². The third-order valence-electron chi connectivity index (χ3n) is 3.67. The molecule has 0 radical (unpaired) electrons. The van der Waals surface area contributed by atoms with E-state index in [0.717, 1.165) is 6.07 Å². The van der Waals surface area contributed by atoms with Crippen molar-refractivity contribution in [1.29, 1.82) is 0 Å². The Balaban J connectivity index is 1.94. The average Bonchev–Trinajstić information content (AvgIpc) is 3.02. The molecule has 29 heavy (non-hydrogen) atoms. The topological polar surface area (TPSA) is 100 Å². The number of aliphatic imine (C=N–C) groups is 1. The van der Waals surface area contributed by atoms with Gasteiger partial charge in [0.1, 0.15) is 0 Å². The molecule has 11 heteroatoms. The molecular weight excluding hydrogens is 414 g/mol. The first-order valence-electron chi connectivity index (χ1n) is 7.87. The van der Waals surface area contributed by atoms with Gasteiger partial charge in [0.2, 0.25) is 5.90 Å². The van der Waals surface area contributed by atoms with Crippen molar-refractivity contribution < 1.29 is 32.7 Å². The van der Waals surface area contributed by atoms with Crippen molar-refractivity contribution in [3.05, 3.63) is 68.4 Å². The number of nitro groups is 1. The predicted octanol–water partition coefficient (Wildman–Crippen LogP) is 4.20. The van der Waals surface area contributed by atoms with E-state index in [-0.39, 0.29) is 39.4 Å². The number of rotatable bonds is 6. The van der Waals surface area contributed by atoms with Crippen molar-refractivity contribution in [2.45, 2.75) is 6.61 Å². The minimum absolute atomic E-state index is 0.0284. The molecule has 0 atom stereocenters. The first-order valence-corrected chi connectivity index (χ1v) is 8.25. The zero-order valence-electron chi connectivity index (χ0n) is 14.6. The zero-order chi connectivity index (χ0) is 21.1. The van der Waals surface area contributed by atoms with Gasteiger partial charge in [-0.3, -0.25) is 10.1 Å². The lowest BCUT2D eigenvalue weighted by Gasteiger charge is -2.10. The largest absolute Gasteiger partial charge is 0.493 e. The number of halogens is 3. The van der Waals surface area contributed by atoms with Crippen LogP contribution in [0, 0.1) is 10.1 Å². The molecule has 0 amide bonds. The minimum Gasteiger partial charge on any atom is -0.493 e. The number of benzene rings is 2. The van der Waals surface area contributed by atoms with Crippen LogP contribution in [-0.2, 0) is 9.53 Å². The van der Waals surface area contributed by atoms with Crippen LogP contribution in [0.15, 0.2) is 47.1 Å². The van der Waals surface area contributed by atoms with Gasteiger partial charge >= 0.3 is 12.6 Å². The van der Waals surface area contributed by atoms with Crippen molar-refractivity contribution in [1.82, 2.24) is 0 Å². The molecule has 0 unspecified atom stereocenters. The molecular formula is C18H11ClF2N2O6.